The SMILES string of the molecule is CCCCSc1nnc2c(n1)O[C@@H](c1ccc(OC)c(O)c1)Nc1ccccc1-2. The molecule has 150 valence electrons. The first-order chi connectivity index (χ1) is 14.2. The predicted molar refractivity (Wildman–Crippen MR) is 113 cm³/mol. The van der Waals surface area contributed by atoms with Crippen molar-refractivity contribution in [3.05, 3.63) is 48.0 Å². The van der Waals surface area contributed by atoms with Gasteiger partial charge in [-0.3, -0.25) is 0 Å². The minimum absolute atomic E-state index is 0.0461. The zero-order chi connectivity index (χ0) is 20.2. The van der Waals surface area contributed by atoms with Crippen molar-refractivity contribution in [1.82, 2.24) is 15.2 Å². The van der Waals surface area contributed by atoms with Crippen molar-refractivity contribution in [1.29, 1.82) is 0 Å². The lowest BCUT2D eigenvalue weighted by Gasteiger charge is -2.20. The first kappa shape index (κ1) is 19.3. The van der Waals surface area contributed by atoms with E-state index in [-0.39, 0.29) is 5.75 Å². The minimum Gasteiger partial charge on any atom is -0.504 e. The molecule has 8 heteroatoms. The fraction of sp³-hybridized carbons (Fsp3) is 0.286. The van der Waals surface area contributed by atoms with Crippen LogP contribution in [-0.4, -0.2) is 33.2 Å². The molecule has 0 aliphatic carbocycles. The van der Waals surface area contributed by atoms with Crippen LogP contribution >= 0.6 is 11.8 Å². The number of fused-ring (bicyclic) bond motifs is 3. The van der Waals surface area contributed by atoms with Gasteiger partial charge in [-0.1, -0.05) is 43.3 Å². The average Bonchev–Trinajstić information content (AvgIpc) is 2.90. The number of nitrogens with one attached hydrogen (secondary N) is 1. The highest BCUT2D eigenvalue weighted by molar-refractivity contribution is 7.99. The van der Waals surface area contributed by atoms with Crippen LogP contribution in [0.15, 0.2) is 47.6 Å². The number of thioether (sulfide) groups is 1. The molecule has 0 saturated carbocycles. The lowest BCUT2D eigenvalue weighted by atomic mass is 10.1. The summed E-state index contributed by atoms with van der Waals surface area (Å²) in [6, 6.07) is 13.0. The Morgan fingerprint density at radius 2 is 2.07 bits per heavy atom. The number of rotatable bonds is 6. The molecule has 0 radical (unpaired) electrons. The molecular weight excluding hydrogens is 388 g/mol. The second-order valence-electron chi connectivity index (χ2n) is 6.57. The number of ether oxygens (including phenoxy) is 2. The van der Waals surface area contributed by atoms with Crippen LogP contribution in [0.1, 0.15) is 31.6 Å². The number of hydrogen-bond acceptors (Lipinski definition) is 8. The quantitative estimate of drug-likeness (QED) is 0.448. The van der Waals surface area contributed by atoms with Gasteiger partial charge in [-0.2, -0.15) is 4.98 Å². The first-order valence-corrected chi connectivity index (χ1v) is 10.4. The highest BCUT2D eigenvalue weighted by Gasteiger charge is 2.26. The summed E-state index contributed by atoms with van der Waals surface area (Å²) < 4.78 is 11.4. The molecule has 2 aromatic carbocycles. The van der Waals surface area contributed by atoms with Gasteiger partial charge in [0.25, 0.3) is 0 Å². The third kappa shape index (κ3) is 4.07. The zero-order valence-corrected chi connectivity index (χ0v) is 17.1. The van der Waals surface area contributed by atoms with Crippen LogP contribution in [0.2, 0.25) is 0 Å². The van der Waals surface area contributed by atoms with E-state index in [4.69, 9.17) is 9.47 Å². The molecule has 29 heavy (non-hydrogen) atoms. The summed E-state index contributed by atoms with van der Waals surface area (Å²) in [5.41, 5.74) is 3.06. The summed E-state index contributed by atoms with van der Waals surface area (Å²) in [5.74, 6) is 1.80. The molecule has 4 rings (SSSR count). The number of methoxy groups -OCH3 is 1. The Kier molecular flexibility index (Phi) is 5.71. The van der Waals surface area contributed by atoms with Gasteiger partial charge >= 0.3 is 0 Å². The van der Waals surface area contributed by atoms with Crippen molar-refractivity contribution in [3.63, 3.8) is 0 Å². The predicted octanol–water partition coefficient (Wildman–Crippen LogP) is 4.65. The Labute approximate surface area is 173 Å². The summed E-state index contributed by atoms with van der Waals surface area (Å²) in [6.07, 6.45) is 1.64. The highest BCUT2D eigenvalue weighted by atomic mass is 32.2. The smallest absolute Gasteiger partial charge is 0.247 e. The maximum atomic E-state index is 10.2. The molecule has 2 heterocycles. The van der Waals surface area contributed by atoms with Crippen molar-refractivity contribution >= 4 is 17.4 Å². The number of aromatic hydroxyl groups is 1. The van der Waals surface area contributed by atoms with E-state index in [1.165, 1.54) is 7.11 Å². The highest BCUT2D eigenvalue weighted by Crippen LogP contribution is 2.40. The van der Waals surface area contributed by atoms with E-state index in [1.807, 2.05) is 30.3 Å². The Morgan fingerprint density at radius 1 is 1.21 bits per heavy atom. The van der Waals surface area contributed by atoms with Crippen molar-refractivity contribution in [3.8, 4) is 28.6 Å². The summed E-state index contributed by atoms with van der Waals surface area (Å²) in [6.45, 7) is 2.15. The van der Waals surface area contributed by atoms with Crippen LogP contribution in [0.4, 0.5) is 5.69 Å². The van der Waals surface area contributed by atoms with Crippen LogP contribution < -0.4 is 14.8 Å². The molecule has 0 spiro atoms. The molecule has 1 aromatic heterocycles. The molecule has 0 saturated heterocycles. The van der Waals surface area contributed by atoms with Gasteiger partial charge in [-0.15, -0.1) is 10.2 Å². The number of nitrogens with zero attached hydrogens (tertiary/aromatic N) is 3. The molecule has 3 aromatic rings. The Morgan fingerprint density at radius 3 is 2.86 bits per heavy atom. The van der Waals surface area contributed by atoms with Crippen LogP contribution in [0.5, 0.6) is 17.4 Å². The van der Waals surface area contributed by atoms with Crippen molar-refractivity contribution < 1.29 is 14.6 Å². The van der Waals surface area contributed by atoms with E-state index in [2.05, 4.69) is 27.4 Å². The number of unbranched alkanes of at least 4 members (excludes halogenated alkanes) is 1. The average molecular weight is 410 g/mol. The van der Waals surface area contributed by atoms with E-state index in [0.29, 0.717) is 22.5 Å². The van der Waals surface area contributed by atoms with Gasteiger partial charge in [0.2, 0.25) is 11.0 Å². The Balaban J connectivity index is 1.73. The number of phenols is 1. The van der Waals surface area contributed by atoms with E-state index >= 15 is 0 Å². The molecule has 2 N–H and O–H groups in total. The number of para-hydroxylation sites is 1. The molecule has 0 fully saturated rings. The van der Waals surface area contributed by atoms with Crippen molar-refractivity contribution in [2.24, 2.45) is 0 Å². The van der Waals surface area contributed by atoms with Crippen molar-refractivity contribution in [2.45, 2.75) is 31.1 Å². The number of aromatic nitrogens is 3. The third-order valence-corrected chi connectivity index (χ3v) is 5.49. The molecule has 7 nitrogen and oxygen atoms in total. The van der Waals surface area contributed by atoms with Gasteiger partial charge in [0.15, 0.2) is 23.4 Å². The van der Waals surface area contributed by atoms with Crippen LogP contribution in [-0.2, 0) is 0 Å². The van der Waals surface area contributed by atoms with Gasteiger partial charge in [0.1, 0.15) is 0 Å². The second kappa shape index (κ2) is 8.57. The van der Waals surface area contributed by atoms with Gasteiger partial charge in [0.05, 0.1) is 7.11 Å². The maximum Gasteiger partial charge on any atom is 0.247 e. The molecule has 1 aliphatic rings. The van der Waals surface area contributed by atoms with E-state index < -0.39 is 6.23 Å². The summed E-state index contributed by atoms with van der Waals surface area (Å²) in [7, 11) is 1.52. The molecule has 0 amide bonds. The third-order valence-electron chi connectivity index (χ3n) is 4.57. The van der Waals surface area contributed by atoms with E-state index in [1.54, 1.807) is 23.9 Å². The number of benzene rings is 2. The monoisotopic (exact) mass is 410 g/mol. The standard InChI is InChI=1S/C21H22N4O3S/c1-3-4-11-29-21-23-20-18(24-25-21)14-7-5-6-8-15(14)22-19(28-20)13-9-10-17(27-2)16(26)12-13/h5-10,12,19,22,26H,3-4,11H2,1-2H3/t19-/m0/s1. The fourth-order valence-corrected chi connectivity index (χ4v) is 3.90. The first-order valence-electron chi connectivity index (χ1n) is 9.46. The second-order valence-corrected chi connectivity index (χ2v) is 7.63. The molecular formula is C21H22N4O3S. The molecule has 1 aliphatic heterocycles. The van der Waals surface area contributed by atoms with Crippen LogP contribution in [0, 0.1) is 0 Å². The Bertz CT molecular complexity index is 1010. The normalized spacial score (nSPS) is 14.8. The lowest BCUT2D eigenvalue weighted by Crippen LogP contribution is -2.17. The van der Waals surface area contributed by atoms with E-state index in [0.717, 1.165) is 35.4 Å². The topological polar surface area (TPSA) is 89.4 Å². The Hall–Kier alpha value is -3.00. The number of anilines is 1. The summed E-state index contributed by atoms with van der Waals surface area (Å²) in [4.78, 5) is 4.62. The van der Waals surface area contributed by atoms with Crippen LogP contribution in [0.3, 0.4) is 0 Å². The van der Waals surface area contributed by atoms with Gasteiger partial charge in [-0.05, 0) is 30.7 Å². The van der Waals surface area contributed by atoms with Gasteiger partial charge in [0, 0.05) is 22.6 Å². The molecule has 1 atom stereocenters. The zero-order valence-electron chi connectivity index (χ0n) is 16.3. The largest absolute Gasteiger partial charge is 0.504 e. The number of hydrogen-bond donors (Lipinski definition) is 2. The fourth-order valence-electron chi connectivity index (χ4n) is 3.04. The van der Waals surface area contributed by atoms with Crippen molar-refractivity contribution in [2.75, 3.05) is 18.2 Å². The maximum absolute atomic E-state index is 10.2. The minimum atomic E-state index is -0.556. The lowest BCUT2D eigenvalue weighted by molar-refractivity contribution is 0.224. The molecule has 0 bridgehead atoms. The van der Waals surface area contributed by atoms with Gasteiger partial charge in [-0.25, -0.2) is 0 Å². The summed E-state index contributed by atoms with van der Waals surface area (Å²) in [5, 5.41) is 22.8. The van der Waals surface area contributed by atoms with Gasteiger partial charge < -0.3 is 19.9 Å². The number of phenolic OH excluding ortho intramolecular Hbond substituents is 1. The van der Waals surface area contributed by atoms with Crippen LogP contribution in [0.25, 0.3) is 11.3 Å². The molecule has 0 unspecified atom stereocenters. The van der Waals surface area contributed by atoms with E-state index in [9.17, 15) is 5.11 Å². The summed E-state index contributed by atoms with van der Waals surface area (Å²) >= 11 is 1.57.